The van der Waals surface area contributed by atoms with Gasteiger partial charge in [0, 0.05) is 30.4 Å². The first-order valence-corrected chi connectivity index (χ1v) is 10.3. The Hall–Kier alpha value is -3.13. The van der Waals surface area contributed by atoms with E-state index in [2.05, 4.69) is 20.8 Å². The van der Waals surface area contributed by atoms with Crippen molar-refractivity contribution in [1.29, 1.82) is 0 Å². The number of aromatic nitrogens is 3. The zero-order valence-electron chi connectivity index (χ0n) is 16.6. The monoisotopic (exact) mass is 409 g/mol. The van der Waals surface area contributed by atoms with Crippen LogP contribution in [0, 0.1) is 6.92 Å². The molecule has 1 aromatic heterocycles. The van der Waals surface area contributed by atoms with E-state index in [9.17, 15) is 9.59 Å². The van der Waals surface area contributed by atoms with Gasteiger partial charge in [0.05, 0.1) is 5.75 Å². The van der Waals surface area contributed by atoms with Crippen LogP contribution in [-0.4, -0.2) is 32.3 Å². The second-order valence-electron chi connectivity index (χ2n) is 6.46. The fourth-order valence-corrected chi connectivity index (χ4v) is 3.67. The highest BCUT2D eigenvalue weighted by Crippen LogP contribution is 2.26. The molecule has 2 aromatic carbocycles. The van der Waals surface area contributed by atoms with E-state index in [1.54, 1.807) is 0 Å². The largest absolute Gasteiger partial charge is 0.326 e. The van der Waals surface area contributed by atoms with Crippen molar-refractivity contribution >= 4 is 35.0 Å². The van der Waals surface area contributed by atoms with Crippen LogP contribution in [0.3, 0.4) is 0 Å². The van der Waals surface area contributed by atoms with Crippen LogP contribution in [0.25, 0.3) is 11.4 Å². The number of hydrogen-bond acceptors (Lipinski definition) is 5. The lowest BCUT2D eigenvalue weighted by atomic mass is 10.2. The molecular formula is C21H23N5O2S. The number of nitrogens with zero attached hydrogens (tertiary/aromatic N) is 3. The van der Waals surface area contributed by atoms with Crippen LogP contribution in [-0.2, 0) is 16.1 Å². The Balaban J connectivity index is 1.72. The fraction of sp³-hybridized carbons (Fsp3) is 0.238. The lowest BCUT2D eigenvalue weighted by Gasteiger charge is -2.10. The molecule has 7 nitrogen and oxygen atoms in total. The van der Waals surface area contributed by atoms with Crippen molar-refractivity contribution in [2.24, 2.45) is 0 Å². The molecule has 0 fully saturated rings. The molecule has 0 aliphatic carbocycles. The molecule has 3 rings (SSSR count). The maximum absolute atomic E-state index is 12.3. The van der Waals surface area contributed by atoms with Crippen molar-refractivity contribution in [2.75, 3.05) is 16.4 Å². The summed E-state index contributed by atoms with van der Waals surface area (Å²) in [5.74, 6) is 0.707. The second kappa shape index (κ2) is 9.38. The van der Waals surface area contributed by atoms with Gasteiger partial charge in [-0.15, -0.1) is 10.2 Å². The van der Waals surface area contributed by atoms with Crippen LogP contribution in [0.1, 0.15) is 19.4 Å². The third-order valence-corrected chi connectivity index (χ3v) is 5.19. The molecule has 3 aromatic rings. The van der Waals surface area contributed by atoms with Crippen LogP contribution in [0.15, 0.2) is 53.7 Å². The standard InChI is InChI=1S/C21H23N5O2S/c1-4-26-20(16-9-7-10-17(12-16)22-15(3)27)24-25-21(26)29-13-19(28)23-18-11-6-5-8-14(18)2/h5-12H,4,13H2,1-3H3,(H,22,27)(H,23,28). The van der Waals surface area contributed by atoms with Crippen LogP contribution in [0.5, 0.6) is 0 Å². The average Bonchev–Trinajstić information content (AvgIpc) is 3.11. The molecule has 0 unspecified atom stereocenters. The Morgan fingerprint density at radius 1 is 1.07 bits per heavy atom. The van der Waals surface area contributed by atoms with Crippen molar-refractivity contribution < 1.29 is 9.59 Å². The summed E-state index contributed by atoms with van der Waals surface area (Å²) in [7, 11) is 0. The quantitative estimate of drug-likeness (QED) is 0.577. The van der Waals surface area contributed by atoms with E-state index in [4.69, 9.17) is 0 Å². The van der Waals surface area contributed by atoms with Gasteiger partial charge in [-0.25, -0.2) is 0 Å². The number of carbonyl (C=O) groups is 2. The minimum absolute atomic E-state index is 0.0934. The summed E-state index contributed by atoms with van der Waals surface area (Å²) in [5.41, 5.74) is 3.38. The second-order valence-corrected chi connectivity index (χ2v) is 7.41. The van der Waals surface area contributed by atoms with Gasteiger partial charge >= 0.3 is 0 Å². The summed E-state index contributed by atoms with van der Waals surface area (Å²) in [6.07, 6.45) is 0. The molecule has 0 aliphatic rings. The highest BCUT2D eigenvalue weighted by atomic mass is 32.2. The minimum atomic E-state index is -0.130. The Labute approximate surface area is 173 Å². The van der Waals surface area contributed by atoms with Crippen LogP contribution in [0.2, 0.25) is 0 Å². The van der Waals surface area contributed by atoms with Gasteiger partial charge < -0.3 is 15.2 Å². The minimum Gasteiger partial charge on any atom is -0.326 e. The lowest BCUT2D eigenvalue weighted by molar-refractivity contribution is -0.114. The highest BCUT2D eigenvalue weighted by Gasteiger charge is 2.15. The Kier molecular flexibility index (Phi) is 6.66. The van der Waals surface area contributed by atoms with Crippen molar-refractivity contribution in [3.8, 4) is 11.4 Å². The molecule has 150 valence electrons. The predicted molar refractivity (Wildman–Crippen MR) is 116 cm³/mol. The molecule has 8 heteroatoms. The maximum Gasteiger partial charge on any atom is 0.234 e. The zero-order valence-corrected chi connectivity index (χ0v) is 17.4. The first-order valence-electron chi connectivity index (χ1n) is 9.27. The number of rotatable bonds is 7. The molecule has 0 bridgehead atoms. The van der Waals surface area contributed by atoms with Gasteiger partial charge in [0.2, 0.25) is 11.8 Å². The first kappa shape index (κ1) is 20.6. The fourth-order valence-electron chi connectivity index (χ4n) is 2.86. The van der Waals surface area contributed by atoms with Crippen LogP contribution < -0.4 is 10.6 Å². The van der Waals surface area contributed by atoms with Gasteiger partial charge in [0.15, 0.2) is 11.0 Å². The lowest BCUT2D eigenvalue weighted by Crippen LogP contribution is -2.15. The highest BCUT2D eigenvalue weighted by molar-refractivity contribution is 7.99. The third kappa shape index (κ3) is 5.23. The number of para-hydroxylation sites is 1. The number of hydrogen-bond donors (Lipinski definition) is 2. The Bertz CT molecular complexity index is 1030. The number of aryl methyl sites for hydroxylation is 1. The van der Waals surface area contributed by atoms with Gasteiger partial charge in [-0.1, -0.05) is 42.1 Å². The Morgan fingerprint density at radius 3 is 2.59 bits per heavy atom. The molecule has 2 amide bonds. The number of nitrogens with one attached hydrogen (secondary N) is 2. The van der Waals surface area contributed by atoms with Gasteiger partial charge in [0.1, 0.15) is 0 Å². The topological polar surface area (TPSA) is 88.9 Å². The zero-order chi connectivity index (χ0) is 20.8. The number of carbonyl (C=O) groups excluding carboxylic acids is 2. The molecule has 29 heavy (non-hydrogen) atoms. The maximum atomic E-state index is 12.3. The van der Waals surface area contributed by atoms with E-state index in [0.29, 0.717) is 23.2 Å². The van der Waals surface area contributed by atoms with Gasteiger partial charge in [-0.3, -0.25) is 9.59 Å². The normalized spacial score (nSPS) is 10.6. The van der Waals surface area contributed by atoms with E-state index in [1.807, 2.05) is 66.9 Å². The summed E-state index contributed by atoms with van der Waals surface area (Å²) in [6.45, 7) is 6.09. The van der Waals surface area contributed by atoms with Crippen LogP contribution in [0.4, 0.5) is 11.4 Å². The first-order chi connectivity index (χ1) is 14.0. The van der Waals surface area contributed by atoms with Crippen molar-refractivity contribution in [2.45, 2.75) is 32.5 Å². The van der Waals surface area contributed by atoms with Gasteiger partial charge in [0.25, 0.3) is 0 Å². The molecule has 0 saturated carbocycles. The third-order valence-electron chi connectivity index (χ3n) is 4.23. The molecule has 0 saturated heterocycles. The summed E-state index contributed by atoms with van der Waals surface area (Å²) in [4.78, 5) is 23.6. The SMILES string of the molecule is CCn1c(SCC(=O)Nc2ccccc2C)nnc1-c1cccc(NC(C)=O)c1. The van der Waals surface area contributed by atoms with E-state index >= 15 is 0 Å². The van der Waals surface area contributed by atoms with E-state index < -0.39 is 0 Å². The Morgan fingerprint density at radius 2 is 1.86 bits per heavy atom. The van der Waals surface area contributed by atoms with Crippen molar-refractivity contribution in [3.05, 3.63) is 54.1 Å². The number of anilines is 2. The number of benzene rings is 2. The number of amides is 2. The predicted octanol–water partition coefficient (Wildman–Crippen LogP) is 3.96. The summed E-state index contributed by atoms with van der Waals surface area (Å²) in [5, 5.41) is 14.9. The molecule has 2 N–H and O–H groups in total. The molecular weight excluding hydrogens is 386 g/mol. The van der Waals surface area contributed by atoms with Gasteiger partial charge in [-0.05, 0) is 37.6 Å². The van der Waals surface area contributed by atoms with E-state index in [-0.39, 0.29) is 17.6 Å². The van der Waals surface area contributed by atoms with Gasteiger partial charge in [-0.2, -0.15) is 0 Å². The number of thioether (sulfide) groups is 1. The summed E-state index contributed by atoms with van der Waals surface area (Å²) >= 11 is 1.34. The molecule has 0 aliphatic heterocycles. The molecule has 0 atom stereocenters. The van der Waals surface area contributed by atoms with Crippen molar-refractivity contribution in [3.63, 3.8) is 0 Å². The molecule has 0 radical (unpaired) electrons. The van der Waals surface area contributed by atoms with E-state index in [1.165, 1.54) is 18.7 Å². The summed E-state index contributed by atoms with van der Waals surface area (Å²) in [6, 6.07) is 15.1. The van der Waals surface area contributed by atoms with E-state index in [0.717, 1.165) is 16.8 Å². The van der Waals surface area contributed by atoms with Crippen LogP contribution >= 0.6 is 11.8 Å². The average molecular weight is 410 g/mol. The summed E-state index contributed by atoms with van der Waals surface area (Å²) < 4.78 is 1.96. The molecule has 1 heterocycles. The smallest absolute Gasteiger partial charge is 0.234 e. The molecule has 0 spiro atoms. The van der Waals surface area contributed by atoms with Crippen molar-refractivity contribution in [1.82, 2.24) is 14.8 Å².